The topological polar surface area (TPSA) is 38.3 Å². The number of ether oxygens (including phenoxy) is 1. The summed E-state index contributed by atoms with van der Waals surface area (Å²) in [5.74, 6) is -1.61. The lowest BCUT2D eigenvalue weighted by atomic mass is 10.1. The van der Waals surface area contributed by atoms with E-state index in [2.05, 4.69) is 21.2 Å². The zero-order valence-corrected chi connectivity index (χ0v) is 13.2. The number of rotatable bonds is 6. The van der Waals surface area contributed by atoms with E-state index < -0.39 is 11.6 Å². The van der Waals surface area contributed by atoms with Crippen LogP contribution in [0.15, 0.2) is 46.9 Å². The molecule has 0 fully saturated rings. The summed E-state index contributed by atoms with van der Waals surface area (Å²) in [6.07, 6.45) is 0.254. The van der Waals surface area contributed by atoms with Gasteiger partial charge in [0.05, 0.1) is 13.0 Å². The molecule has 116 valence electrons. The van der Waals surface area contributed by atoms with Crippen molar-refractivity contribution in [1.82, 2.24) is 5.32 Å². The van der Waals surface area contributed by atoms with Gasteiger partial charge in [-0.15, -0.1) is 0 Å². The first-order valence-electron chi connectivity index (χ1n) is 6.63. The molecule has 22 heavy (non-hydrogen) atoms. The van der Waals surface area contributed by atoms with Crippen LogP contribution in [-0.4, -0.2) is 19.1 Å². The molecule has 2 rings (SSSR count). The highest BCUT2D eigenvalue weighted by atomic mass is 79.9. The van der Waals surface area contributed by atoms with E-state index in [1.54, 1.807) is 0 Å². The summed E-state index contributed by atoms with van der Waals surface area (Å²) in [4.78, 5) is 11.7. The first-order chi connectivity index (χ1) is 10.5. The standard InChI is InChI=1S/C16H14BrF2NO2/c17-12-3-1-2-11(8-12)9-16(21)20-6-7-22-15-5-4-13(18)10-14(15)19/h1-5,8,10H,6-7,9H2,(H,20,21). The number of hydrogen-bond donors (Lipinski definition) is 1. The van der Waals surface area contributed by atoms with Crippen molar-refractivity contribution in [3.05, 3.63) is 64.1 Å². The van der Waals surface area contributed by atoms with Gasteiger partial charge < -0.3 is 10.1 Å². The lowest BCUT2D eigenvalue weighted by Gasteiger charge is -2.08. The fourth-order valence-electron chi connectivity index (χ4n) is 1.84. The Morgan fingerprint density at radius 3 is 2.73 bits per heavy atom. The van der Waals surface area contributed by atoms with Crippen molar-refractivity contribution >= 4 is 21.8 Å². The average molecular weight is 370 g/mol. The molecule has 0 radical (unpaired) electrons. The van der Waals surface area contributed by atoms with Gasteiger partial charge in [-0.1, -0.05) is 28.1 Å². The molecule has 0 aliphatic carbocycles. The normalized spacial score (nSPS) is 10.3. The Hall–Kier alpha value is -1.95. The molecule has 0 saturated carbocycles. The third-order valence-electron chi connectivity index (χ3n) is 2.83. The number of carbonyl (C=O) groups excluding carboxylic acids is 1. The van der Waals surface area contributed by atoms with Gasteiger partial charge in [0.25, 0.3) is 0 Å². The fourth-order valence-corrected chi connectivity index (χ4v) is 2.29. The van der Waals surface area contributed by atoms with Crippen molar-refractivity contribution in [2.45, 2.75) is 6.42 Å². The van der Waals surface area contributed by atoms with E-state index in [0.29, 0.717) is 0 Å². The molecule has 0 unspecified atom stereocenters. The van der Waals surface area contributed by atoms with E-state index >= 15 is 0 Å². The van der Waals surface area contributed by atoms with Gasteiger partial charge in [0.1, 0.15) is 12.4 Å². The van der Waals surface area contributed by atoms with Crippen molar-refractivity contribution in [2.75, 3.05) is 13.2 Å². The number of carbonyl (C=O) groups is 1. The van der Waals surface area contributed by atoms with Crippen LogP contribution in [0, 0.1) is 11.6 Å². The van der Waals surface area contributed by atoms with E-state index in [1.165, 1.54) is 6.07 Å². The van der Waals surface area contributed by atoms with Crippen molar-refractivity contribution in [3.63, 3.8) is 0 Å². The Balaban J connectivity index is 1.73. The van der Waals surface area contributed by atoms with Gasteiger partial charge in [0, 0.05) is 10.5 Å². The zero-order chi connectivity index (χ0) is 15.9. The molecular formula is C16H14BrF2NO2. The Morgan fingerprint density at radius 1 is 1.18 bits per heavy atom. The highest BCUT2D eigenvalue weighted by molar-refractivity contribution is 9.10. The van der Waals surface area contributed by atoms with Crippen LogP contribution < -0.4 is 10.1 Å². The van der Waals surface area contributed by atoms with Gasteiger partial charge in [-0.25, -0.2) is 8.78 Å². The summed E-state index contributed by atoms with van der Waals surface area (Å²) < 4.78 is 32.1. The number of benzene rings is 2. The first kappa shape index (κ1) is 16.4. The molecule has 1 N–H and O–H groups in total. The molecule has 0 saturated heterocycles. The van der Waals surface area contributed by atoms with Gasteiger partial charge in [0.2, 0.25) is 5.91 Å². The minimum atomic E-state index is -0.763. The minimum absolute atomic E-state index is 0.0392. The monoisotopic (exact) mass is 369 g/mol. The number of amides is 1. The predicted octanol–water partition coefficient (Wildman–Crippen LogP) is 3.47. The number of nitrogens with one attached hydrogen (secondary N) is 1. The van der Waals surface area contributed by atoms with E-state index in [0.717, 1.165) is 22.2 Å². The highest BCUT2D eigenvalue weighted by Crippen LogP contribution is 2.17. The van der Waals surface area contributed by atoms with Crippen LogP contribution >= 0.6 is 15.9 Å². The Labute approximate surface area is 135 Å². The molecule has 3 nitrogen and oxygen atoms in total. The molecule has 1 amide bonds. The highest BCUT2D eigenvalue weighted by Gasteiger charge is 2.06. The van der Waals surface area contributed by atoms with Crippen molar-refractivity contribution < 1.29 is 18.3 Å². The van der Waals surface area contributed by atoms with E-state index in [1.807, 2.05) is 24.3 Å². The number of hydrogen-bond acceptors (Lipinski definition) is 2. The maximum atomic E-state index is 13.3. The van der Waals surface area contributed by atoms with Crippen LogP contribution in [0.5, 0.6) is 5.75 Å². The van der Waals surface area contributed by atoms with Gasteiger partial charge in [-0.05, 0) is 29.8 Å². The van der Waals surface area contributed by atoms with Crippen molar-refractivity contribution in [2.24, 2.45) is 0 Å². The van der Waals surface area contributed by atoms with Crippen molar-refractivity contribution in [3.8, 4) is 5.75 Å². The summed E-state index contributed by atoms with van der Waals surface area (Å²) in [5, 5.41) is 2.68. The van der Waals surface area contributed by atoms with Crippen LogP contribution in [-0.2, 0) is 11.2 Å². The predicted molar refractivity (Wildman–Crippen MR) is 82.7 cm³/mol. The van der Waals surface area contributed by atoms with Crippen LogP contribution in [0.1, 0.15) is 5.56 Å². The number of halogens is 3. The summed E-state index contributed by atoms with van der Waals surface area (Å²) in [5.41, 5.74) is 0.886. The lowest BCUT2D eigenvalue weighted by molar-refractivity contribution is -0.120. The summed E-state index contributed by atoms with van der Waals surface area (Å²) in [6, 6.07) is 10.5. The van der Waals surface area contributed by atoms with Gasteiger partial charge in [-0.2, -0.15) is 0 Å². The summed E-state index contributed by atoms with van der Waals surface area (Å²) in [7, 11) is 0. The maximum absolute atomic E-state index is 13.3. The smallest absolute Gasteiger partial charge is 0.224 e. The van der Waals surface area contributed by atoms with Gasteiger partial charge in [-0.3, -0.25) is 4.79 Å². The SMILES string of the molecule is O=C(Cc1cccc(Br)c1)NCCOc1ccc(F)cc1F. The second kappa shape index (κ2) is 7.89. The Morgan fingerprint density at radius 2 is 2.00 bits per heavy atom. The molecule has 0 aliphatic rings. The van der Waals surface area contributed by atoms with E-state index in [-0.39, 0.29) is 31.2 Å². The minimum Gasteiger partial charge on any atom is -0.489 e. The maximum Gasteiger partial charge on any atom is 0.224 e. The first-order valence-corrected chi connectivity index (χ1v) is 7.43. The second-order valence-electron chi connectivity index (χ2n) is 4.58. The molecule has 0 spiro atoms. The fraction of sp³-hybridized carbons (Fsp3) is 0.188. The molecule has 0 aliphatic heterocycles. The molecule has 0 bridgehead atoms. The third kappa shape index (κ3) is 5.11. The molecule has 2 aromatic carbocycles. The quantitative estimate of drug-likeness (QED) is 0.791. The second-order valence-corrected chi connectivity index (χ2v) is 5.50. The Kier molecular flexibility index (Phi) is 5.89. The zero-order valence-electron chi connectivity index (χ0n) is 11.6. The summed E-state index contributed by atoms with van der Waals surface area (Å²) >= 11 is 3.34. The molecule has 6 heteroatoms. The van der Waals surface area contributed by atoms with Crippen LogP contribution in [0.2, 0.25) is 0 Å². The van der Waals surface area contributed by atoms with E-state index in [4.69, 9.17) is 4.74 Å². The largest absolute Gasteiger partial charge is 0.489 e. The van der Waals surface area contributed by atoms with Gasteiger partial charge >= 0.3 is 0 Å². The molecule has 2 aromatic rings. The van der Waals surface area contributed by atoms with E-state index in [9.17, 15) is 13.6 Å². The van der Waals surface area contributed by atoms with Crippen molar-refractivity contribution in [1.29, 1.82) is 0 Å². The molecule has 0 heterocycles. The van der Waals surface area contributed by atoms with Crippen LogP contribution in [0.25, 0.3) is 0 Å². The van der Waals surface area contributed by atoms with Crippen LogP contribution in [0.3, 0.4) is 0 Å². The Bertz CT molecular complexity index is 664. The molecule has 0 aromatic heterocycles. The molecular weight excluding hydrogens is 356 g/mol. The lowest BCUT2D eigenvalue weighted by Crippen LogP contribution is -2.29. The molecule has 0 atom stereocenters. The average Bonchev–Trinajstić information content (AvgIpc) is 2.45. The third-order valence-corrected chi connectivity index (χ3v) is 3.32. The summed E-state index contributed by atoms with van der Waals surface area (Å²) in [6.45, 7) is 0.344. The van der Waals surface area contributed by atoms with Gasteiger partial charge in [0.15, 0.2) is 11.6 Å². The van der Waals surface area contributed by atoms with Crippen LogP contribution in [0.4, 0.5) is 8.78 Å².